The number of benzene rings is 3. The van der Waals surface area contributed by atoms with E-state index in [0.717, 1.165) is 17.7 Å². The summed E-state index contributed by atoms with van der Waals surface area (Å²) in [6.07, 6.45) is 0.985. The van der Waals surface area contributed by atoms with Gasteiger partial charge in [0, 0.05) is 5.56 Å². The minimum Gasteiger partial charge on any atom is -0.494 e. The van der Waals surface area contributed by atoms with E-state index in [9.17, 15) is 4.79 Å². The molecule has 0 fully saturated rings. The van der Waals surface area contributed by atoms with Crippen LogP contribution in [0.15, 0.2) is 78.9 Å². The lowest BCUT2D eigenvalue weighted by molar-refractivity contribution is 0.0977. The van der Waals surface area contributed by atoms with Gasteiger partial charge in [0.15, 0.2) is 5.11 Å². The molecule has 32 heavy (non-hydrogen) atoms. The first-order chi connectivity index (χ1) is 15.5. The molecule has 3 aromatic rings. The zero-order valence-corrected chi connectivity index (χ0v) is 19.2. The second kappa shape index (κ2) is 11.9. The molecule has 0 aliphatic heterocycles. The molecule has 5 nitrogen and oxygen atoms in total. The predicted molar refractivity (Wildman–Crippen MR) is 132 cm³/mol. The maximum absolute atomic E-state index is 12.5. The summed E-state index contributed by atoms with van der Waals surface area (Å²) < 4.78 is 11.6. The Balaban J connectivity index is 1.53. The van der Waals surface area contributed by atoms with Gasteiger partial charge in [0.05, 0.1) is 12.3 Å². The first kappa shape index (κ1) is 23.3. The molecule has 2 N–H and O–H groups in total. The monoisotopic (exact) mass is 448 g/mol. The van der Waals surface area contributed by atoms with Crippen LogP contribution in [0.1, 0.15) is 36.2 Å². The van der Waals surface area contributed by atoms with Gasteiger partial charge in [-0.2, -0.15) is 0 Å². The second-order valence-electron chi connectivity index (χ2n) is 7.73. The van der Waals surface area contributed by atoms with Gasteiger partial charge >= 0.3 is 0 Å². The molecule has 3 rings (SSSR count). The van der Waals surface area contributed by atoms with Gasteiger partial charge in [-0.1, -0.05) is 56.3 Å². The van der Waals surface area contributed by atoms with Crippen molar-refractivity contribution in [2.45, 2.75) is 26.9 Å². The number of amides is 1. The number of carbonyl (C=O) groups is 1. The molecule has 0 spiro atoms. The summed E-state index contributed by atoms with van der Waals surface area (Å²) in [5.74, 6) is 1.68. The summed E-state index contributed by atoms with van der Waals surface area (Å²) >= 11 is 5.33. The van der Waals surface area contributed by atoms with E-state index in [-0.39, 0.29) is 11.0 Å². The van der Waals surface area contributed by atoms with Crippen LogP contribution in [0.3, 0.4) is 0 Å². The lowest BCUT2D eigenvalue weighted by Gasteiger charge is -2.14. The summed E-state index contributed by atoms with van der Waals surface area (Å²) in [7, 11) is 0. The summed E-state index contributed by atoms with van der Waals surface area (Å²) in [6, 6.07) is 24.4. The molecule has 166 valence electrons. The summed E-state index contributed by atoms with van der Waals surface area (Å²) in [5, 5.41) is 5.95. The molecular weight excluding hydrogens is 420 g/mol. The maximum atomic E-state index is 12.5. The van der Waals surface area contributed by atoms with Crippen LogP contribution in [0, 0.1) is 5.92 Å². The highest BCUT2D eigenvalue weighted by Gasteiger charge is 2.11. The van der Waals surface area contributed by atoms with Crippen LogP contribution in [0.5, 0.6) is 11.5 Å². The highest BCUT2D eigenvalue weighted by Crippen LogP contribution is 2.24. The van der Waals surface area contributed by atoms with Crippen LogP contribution < -0.4 is 20.1 Å². The highest BCUT2D eigenvalue weighted by molar-refractivity contribution is 7.80. The number of para-hydroxylation sites is 2. The van der Waals surface area contributed by atoms with E-state index in [2.05, 4.69) is 24.5 Å². The molecular formula is C26H28N2O3S. The fourth-order valence-corrected chi connectivity index (χ4v) is 3.08. The van der Waals surface area contributed by atoms with Crippen LogP contribution in [0.25, 0.3) is 0 Å². The van der Waals surface area contributed by atoms with E-state index in [1.54, 1.807) is 24.3 Å². The summed E-state index contributed by atoms with van der Waals surface area (Å²) in [6.45, 7) is 5.40. The number of ether oxygens (including phenoxy) is 2. The summed E-state index contributed by atoms with van der Waals surface area (Å²) in [4.78, 5) is 12.5. The van der Waals surface area contributed by atoms with Crippen LogP contribution in [0.2, 0.25) is 0 Å². The van der Waals surface area contributed by atoms with Crippen molar-refractivity contribution >= 4 is 28.9 Å². The zero-order chi connectivity index (χ0) is 22.8. The van der Waals surface area contributed by atoms with Gasteiger partial charge in [0.2, 0.25) is 0 Å². The minimum absolute atomic E-state index is 0.197. The Morgan fingerprint density at radius 3 is 2.31 bits per heavy atom. The van der Waals surface area contributed by atoms with Crippen molar-refractivity contribution in [3.8, 4) is 11.5 Å². The van der Waals surface area contributed by atoms with E-state index in [4.69, 9.17) is 21.7 Å². The molecule has 0 aliphatic rings. The lowest BCUT2D eigenvalue weighted by Crippen LogP contribution is -2.34. The molecule has 1 amide bonds. The molecule has 0 aliphatic carbocycles. The van der Waals surface area contributed by atoms with Gasteiger partial charge in [-0.3, -0.25) is 10.1 Å². The van der Waals surface area contributed by atoms with E-state index >= 15 is 0 Å². The standard InChI is InChI=1S/C26H28N2O3S/c1-19(2)16-17-30-22-14-12-21(13-15-22)25(29)28-26(32)27-23-10-6-7-11-24(23)31-18-20-8-4-3-5-9-20/h3-15,19H,16-18H2,1-2H3,(H2,27,28,29,32). The van der Waals surface area contributed by atoms with Crippen LogP contribution in [0.4, 0.5) is 5.69 Å². The number of thiocarbonyl (C=S) groups is 1. The Kier molecular flexibility index (Phi) is 8.63. The normalized spacial score (nSPS) is 10.5. The summed E-state index contributed by atoms with van der Waals surface area (Å²) in [5.41, 5.74) is 2.25. The lowest BCUT2D eigenvalue weighted by atomic mass is 10.1. The van der Waals surface area contributed by atoms with Gasteiger partial charge in [-0.25, -0.2) is 0 Å². The van der Waals surface area contributed by atoms with E-state index in [0.29, 0.717) is 36.1 Å². The quantitative estimate of drug-likeness (QED) is 0.404. The highest BCUT2D eigenvalue weighted by atomic mass is 32.1. The van der Waals surface area contributed by atoms with E-state index in [1.165, 1.54) is 0 Å². The second-order valence-corrected chi connectivity index (χ2v) is 8.14. The van der Waals surface area contributed by atoms with Crippen molar-refractivity contribution in [3.05, 3.63) is 90.0 Å². The predicted octanol–water partition coefficient (Wildman–Crippen LogP) is 5.82. The average molecular weight is 449 g/mol. The zero-order valence-electron chi connectivity index (χ0n) is 18.3. The smallest absolute Gasteiger partial charge is 0.257 e. The Morgan fingerprint density at radius 2 is 1.59 bits per heavy atom. The fraction of sp³-hybridized carbons (Fsp3) is 0.231. The van der Waals surface area contributed by atoms with Gasteiger partial charge < -0.3 is 14.8 Å². The molecule has 0 atom stereocenters. The first-order valence-corrected chi connectivity index (χ1v) is 11.0. The maximum Gasteiger partial charge on any atom is 0.257 e. The van der Waals surface area contributed by atoms with E-state index in [1.807, 2.05) is 54.6 Å². The molecule has 0 saturated heterocycles. The molecule has 0 radical (unpaired) electrons. The molecule has 3 aromatic carbocycles. The Morgan fingerprint density at radius 1 is 0.906 bits per heavy atom. The van der Waals surface area contributed by atoms with Crippen molar-refractivity contribution < 1.29 is 14.3 Å². The van der Waals surface area contributed by atoms with Crippen LogP contribution >= 0.6 is 12.2 Å². The van der Waals surface area contributed by atoms with Gasteiger partial charge in [-0.05, 0) is 66.5 Å². The minimum atomic E-state index is -0.293. The topological polar surface area (TPSA) is 59.6 Å². The third-order valence-corrected chi connectivity index (χ3v) is 4.88. The van der Waals surface area contributed by atoms with E-state index < -0.39 is 0 Å². The van der Waals surface area contributed by atoms with Crippen molar-refractivity contribution in [1.82, 2.24) is 5.32 Å². The average Bonchev–Trinajstić information content (AvgIpc) is 2.79. The molecule has 6 heteroatoms. The van der Waals surface area contributed by atoms with Crippen molar-refractivity contribution in [1.29, 1.82) is 0 Å². The molecule has 0 aromatic heterocycles. The number of hydrogen-bond acceptors (Lipinski definition) is 4. The first-order valence-electron chi connectivity index (χ1n) is 10.6. The Bertz CT molecular complexity index is 1020. The van der Waals surface area contributed by atoms with Crippen molar-refractivity contribution in [2.75, 3.05) is 11.9 Å². The number of hydrogen-bond donors (Lipinski definition) is 2. The van der Waals surface area contributed by atoms with Gasteiger partial charge in [0.1, 0.15) is 18.1 Å². The van der Waals surface area contributed by atoms with Crippen LogP contribution in [-0.4, -0.2) is 17.6 Å². The molecule has 0 bridgehead atoms. The molecule has 0 heterocycles. The number of anilines is 1. The third-order valence-electron chi connectivity index (χ3n) is 4.68. The Labute approximate surface area is 194 Å². The molecule has 0 unspecified atom stereocenters. The largest absolute Gasteiger partial charge is 0.494 e. The number of rotatable bonds is 9. The van der Waals surface area contributed by atoms with Crippen LogP contribution in [-0.2, 0) is 6.61 Å². The SMILES string of the molecule is CC(C)CCOc1ccc(C(=O)NC(=S)Nc2ccccc2OCc2ccccc2)cc1. The number of carbonyl (C=O) groups excluding carboxylic acids is 1. The Hall–Kier alpha value is -3.38. The van der Waals surface area contributed by atoms with Gasteiger partial charge in [-0.15, -0.1) is 0 Å². The van der Waals surface area contributed by atoms with Crippen molar-refractivity contribution in [3.63, 3.8) is 0 Å². The fourth-order valence-electron chi connectivity index (χ4n) is 2.87. The molecule has 0 saturated carbocycles. The third kappa shape index (κ3) is 7.39. The van der Waals surface area contributed by atoms with Crippen molar-refractivity contribution in [2.24, 2.45) is 5.92 Å². The van der Waals surface area contributed by atoms with Gasteiger partial charge in [0.25, 0.3) is 5.91 Å². The number of nitrogens with one attached hydrogen (secondary N) is 2.